The zero-order valence-electron chi connectivity index (χ0n) is 13.3. The monoisotopic (exact) mass is 351 g/mol. The Kier molecular flexibility index (Phi) is 4.40. The number of ether oxygens (including phenoxy) is 1. The quantitative estimate of drug-likeness (QED) is 0.624. The van der Waals surface area contributed by atoms with Gasteiger partial charge in [0, 0.05) is 5.56 Å². The summed E-state index contributed by atoms with van der Waals surface area (Å²) in [5, 5.41) is 18.2. The number of aromatic carboxylic acids is 1. The van der Waals surface area contributed by atoms with Gasteiger partial charge in [0.1, 0.15) is 35.6 Å². The Morgan fingerprint density at radius 3 is 2.69 bits per heavy atom. The number of nitriles is 1. The Bertz CT molecular complexity index is 1020. The fraction of sp³-hybridized carbons (Fsp3) is 0.0588. The van der Waals surface area contributed by atoms with Crippen LogP contribution in [0.3, 0.4) is 0 Å². The molecule has 26 heavy (non-hydrogen) atoms. The Hall–Kier alpha value is -4.06. The first-order valence-electron chi connectivity index (χ1n) is 7.37. The van der Waals surface area contributed by atoms with E-state index in [4.69, 9.17) is 25.7 Å². The van der Waals surface area contributed by atoms with Crippen molar-refractivity contribution in [2.75, 3.05) is 11.5 Å². The number of anilines is 2. The van der Waals surface area contributed by atoms with Crippen LogP contribution >= 0.6 is 0 Å². The lowest BCUT2D eigenvalue weighted by molar-refractivity contribution is 0.0658. The van der Waals surface area contributed by atoms with Crippen molar-refractivity contribution in [3.63, 3.8) is 0 Å². The van der Waals surface area contributed by atoms with Crippen LogP contribution in [0.1, 0.15) is 21.9 Å². The first-order chi connectivity index (χ1) is 12.5. The van der Waals surface area contributed by atoms with Gasteiger partial charge in [-0.15, -0.1) is 0 Å². The molecule has 5 N–H and O–H groups in total. The number of para-hydroxylation sites is 1. The van der Waals surface area contributed by atoms with Gasteiger partial charge in [-0.2, -0.15) is 10.2 Å². The van der Waals surface area contributed by atoms with Gasteiger partial charge in [0.15, 0.2) is 0 Å². The van der Waals surface area contributed by atoms with E-state index in [0.717, 1.165) is 0 Å². The summed E-state index contributed by atoms with van der Waals surface area (Å²) in [6.45, 7) is -0.0117. The van der Waals surface area contributed by atoms with Crippen LogP contribution in [-0.2, 0) is 6.61 Å². The number of aromatic nitrogens is 2. The fourth-order valence-corrected chi connectivity index (χ4v) is 2.31. The fourth-order valence-electron chi connectivity index (χ4n) is 2.31. The highest BCUT2D eigenvalue weighted by molar-refractivity contribution is 5.84. The smallest absolute Gasteiger partial charge is 0.371 e. The normalized spacial score (nSPS) is 10.3. The highest BCUT2D eigenvalue weighted by atomic mass is 16.5. The number of carboxylic acids is 1. The molecule has 0 aliphatic carbocycles. The first kappa shape index (κ1) is 16.8. The van der Waals surface area contributed by atoms with Crippen LogP contribution in [0.15, 0.2) is 40.8 Å². The van der Waals surface area contributed by atoms with Crippen molar-refractivity contribution in [2.24, 2.45) is 0 Å². The molecule has 0 fully saturated rings. The molecule has 2 aromatic heterocycles. The van der Waals surface area contributed by atoms with E-state index >= 15 is 0 Å². The van der Waals surface area contributed by atoms with Crippen molar-refractivity contribution in [3.05, 3.63) is 53.5 Å². The molecule has 1 aromatic carbocycles. The molecule has 0 radical (unpaired) electrons. The topological polar surface area (TPSA) is 161 Å². The van der Waals surface area contributed by atoms with E-state index in [9.17, 15) is 10.1 Å². The Morgan fingerprint density at radius 1 is 1.23 bits per heavy atom. The number of carbonyl (C=O) groups is 1. The molecule has 9 nitrogen and oxygen atoms in total. The molecule has 0 bridgehead atoms. The molecule has 0 aliphatic heterocycles. The highest BCUT2D eigenvalue weighted by Crippen LogP contribution is 2.33. The summed E-state index contributed by atoms with van der Waals surface area (Å²) in [7, 11) is 0. The predicted molar refractivity (Wildman–Crippen MR) is 91.0 cm³/mol. The molecule has 130 valence electrons. The largest absolute Gasteiger partial charge is 0.485 e. The summed E-state index contributed by atoms with van der Waals surface area (Å²) in [5.41, 5.74) is 12.2. The second kappa shape index (κ2) is 6.82. The number of nitrogen functional groups attached to an aromatic ring is 2. The molecule has 3 aromatic rings. The molecule has 0 spiro atoms. The lowest BCUT2D eigenvalue weighted by Gasteiger charge is -2.12. The molecule has 0 unspecified atom stereocenters. The summed E-state index contributed by atoms with van der Waals surface area (Å²) in [4.78, 5) is 18.7. The van der Waals surface area contributed by atoms with Gasteiger partial charge in [0.05, 0.1) is 5.69 Å². The molecular weight excluding hydrogens is 338 g/mol. The van der Waals surface area contributed by atoms with Crippen LogP contribution in [0.2, 0.25) is 0 Å². The van der Waals surface area contributed by atoms with Crippen LogP contribution in [-0.4, -0.2) is 21.0 Å². The van der Waals surface area contributed by atoms with Crippen LogP contribution in [0.5, 0.6) is 5.75 Å². The van der Waals surface area contributed by atoms with Crippen molar-refractivity contribution in [1.29, 1.82) is 5.26 Å². The number of carboxylic acid groups (broad SMARTS) is 1. The van der Waals surface area contributed by atoms with Gasteiger partial charge in [-0.25, -0.2) is 9.78 Å². The minimum absolute atomic E-state index is 0.0117. The maximum atomic E-state index is 10.9. The molecule has 0 atom stereocenters. The van der Waals surface area contributed by atoms with Gasteiger partial charge in [0.25, 0.3) is 0 Å². The van der Waals surface area contributed by atoms with Crippen molar-refractivity contribution in [2.45, 2.75) is 6.61 Å². The van der Waals surface area contributed by atoms with E-state index in [-0.39, 0.29) is 35.4 Å². The summed E-state index contributed by atoms with van der Waals surface area (Å²) >= 11 is 0. The molecule has 0 amide bonds. The van der Waals surface area contributed by atoms with E-state index in [1.807, 2.05) is 6.07 Å². The van der Waals surface area contributed by atoms with Crippen LogP contribution in [0.25, 0.3) is 11.3 Å². The Morgan fingerprint density at radius 2 is 2.00 bits per heavy atom. The van der Waals surface area contributed by atoms with Gasteiger partial charge in [-0.1, -0.05) is 12.1 Å². The minimum atomic E-state index is -1.16. The molecule has 2 heterocycles. The summed E-state index contributed by atoms with van der Waals surface area (Å²) in [6.07, 6.45) is 0. The third-order valence-corrected chi connectivity index (χ3v) is 3.45. The van der Waals surface area contributed by atoms with Crippen molar-refractivity contribution >= 4 is 17.7 Å². The van der Waals surface area contributed by atoms with E-state index in [2.05, 4.69) is 9.97 Å². The van der Waals surface area contributed by atoms with Crippen molar-refractivity contribution < 1.29 is 19.1 Å². The van der Waals surface area contributed by atoms with E-state index in [0.29, 0.717) is 17.1 Å². The van der Waals surface area contributed by atoms with Crippen molar-refractivity contribution in [3.8, 4) is 23.1 Å². The number of nitrogens with two attached hydrogens (primary N) is 2. The van der Waals surface area contributed by atoms with Gasteiger partial charge < -0.3 is 25.7 Å². The third-order valence-electron chi connectivity index (χ3n) is 3.45. The van der Waals surface area contributed by atoms with Crippen LogP contribution in [0.4, 0.5) is 11.8 Å². The average molecular weight is 351 g/mol. The zero-order valence-corrected chi connectivity index (χ0v) is 13.3. The first-order valence-corrected chi connectivity index (χ1v) is 7.37. The lowest BCUT2D eigenvalue weighted by Crippen LogP contribution is -2.06. The zero-order chi connectivity index (χ0) is 18.7. The lowest BCUT2D eigenvalue weighted by atomic mass is 10.1. The average Bonchev–Trinajstić information content (AvgIpc) is 3.09. The number of hydrogen-bond donors (Lipinski definition) is 3. The molecule has 3 rings (SSSR count). The predicted octanol–water partition coefficient (Wildman–Crippen LogP) is 2.05. The summed E-state index contributed by atoms with van der Waals surface area (Å²) in [5.74, 6) is -0.707. The Labute approximate surface area is 147 Å². The second-order valence-electron chi connectivity index (χ2n) is 5.16. The maximum Gasteiger partial charge on any atom is 0.371 e. The van der Waals surface area contributed by atoms with Gasteiger partial charge in [0.2, 0.25) is 11.7 Å². The summed E-state index contributed by atoms with van der Waals surface area (Å²) < 4.78 is 10.9. The van der Waals surface area contributed by atoms with Gasteiger partial charge >= 0.3 is 5.97 Å². The highest BCUT2D eigenvalue weighted by Gasteiger charge is 2.17. The molecule has 0 aliphatic rings. The SMILES string of the molecule is N#Cc1c(N)nc(N)nc1-c1ccccc1OCc1ccc(C(=O)O)o1. The minimum Gasteiger partial charge on any atom is -0.485 e. The van der Waals surface area contributed by atoms with Crippen molar-refractivity contribution in [1.82, 2.24) is 9.97 Å². The van der Waals surface area contributed by atoms with E-state index in [1.165, 1.54) is 12.1 Å². The molecule has 9 heteroatoms. The third kappa shape index (κ3) is 3.25. The molecule has 0 saturated carbocycles. The maximum absolute atomic E-state index is 10.9. The standard InChI is InChI=1S/C17H13N5O4/c18-7-11-14(21-17(20)22-15(11)19)10-3-1-2-4-12(10)25-8-9-5-6-13(26-9)16(23)24/h1-6H,8H2,(H,23,24)(H4,19,20,21,22). The van der Waals surface area contributed by atoms with Gasteiger partial charge in [-0.05, 0) is 24.3 Å². The molecule has 0 saturated heterocycles. The number of benzene rings is 1. The van der Waals surface area contributed by atoms with Crippen LogP contribution in [0, 0.1) is 11.3 Å². The van der Waals surface area contributed by atoms with E-state index in [1.54, 1.807) is 24.3 Å². The molecular formula is C17H13N5O4. The van der Waals surface area contributed by atoms with Crippen LogP contribution < -0.4 is 16.2 Å². The van der Waals surface area contributed by atoms with E-state index < -0.39 is 5.97 Å². The van der Waals surface area contributed by atoms with Gasteiger partial charge in [-0.3, -0.25) is 0 Å². The number of rotatable bonds is 5. The number of nitrogens with zero attached hydrogens (tertiary/aromatic N) is 3. The Balaban J connectivity index is 1.94. The number of furan rings is 1. The second-order valence-corrected chi connectivity index (χ2v) is 5.16. The summed E-state index contributed by atoms with van der Waals surface area (Å²) in [6, 6.07) is 11.7. The number of hydrogen-bond acceptors (Lipinski definition) is 8.